The van der Waals surface area contributed by atoms with Crippen molar-refractivity contribution in [3.8, 4) is 0 Å². The molecule has 0 saturated carbocycles. The Morgan fingerprint density at radius 1 is 1.50 bits per heavy atom. The SMILES string of the molecule is CC(=O)N(C)c1ccc2ncsc2n1. The molecule has 0 unspecified atom stereocenters. The van der Waals surface area contributed by atoms with Crippen molar-refractivity contribution in [1.29, 1.82) is 0 Å². The molecule has 0 bridgehead atoms. The van der Waals surface area contributed by atoms with Crippen LogP contribution in [-0.2, 0) is 4.79 Å². The summed E-state index contributed by atoms with van der Waals surface area (Å²) in [6.07, 6.45) is 0. The first-order valence-electron chi connectivity index (χ1n) is 4.13. The van der Waals surface area contributed by atoms with Crippen LogP contribution in [0.4, 0.5) is 5.82 Å². The lowest BCUT2D eigenvalue weighted by Gasteiger charge is -2.12. The fourth-order valence-corrected chi connectivity index (χ4v) is 1.74. The monoisotopic (exact) mass is 207 g/mol. The van der Waals surface area contributed by atoms with Crippen molar-refractivity contribution in [1.82, 2.24) is 9.97 Å². The van der Waals surface area contributed by atoms with E-state index in [4.69, 9.17) is 0 Å². The average molecular weight is 207 g/mol. The molecule has 2 heterocycles. The molecule has 72 valence electrons. The average Bonchev–Trinajstić information content (AvgIpc) is 2.62. The fourth-order valence-electron chi connectivity index (χ4n) is 1.09. The highest BCUT2D eigenvalue weighted by Crippen LogP contribution is 2.19. The molecule has 2 aromatic rings. The first-order chi connectivity index (χ1) is 6.68. The normalized spacial score (nSPS) is 10.4. The summed E-state index contributed by atoms with van der Waals surface area (Å²) in [5.41, 5.74) is 2.62. The lowest BCUT2D eigenvalue weighted by atomic mass is 10.4. The van der Waals surface area contributed by atoms with E-state index in [0.717, 1.165) is 10.3 Å². The topological polar surface area (TPSA) is 46.1 Å². The minimum atomic E-state index is -0.0265. The number of hydrogen-bond acceptors (Lipinski definition) is 4. The van der Waals surface area contributed by atoms with Gasteiger partial charge in [-0.3, -0.25) is 4.79 Å². The predicted octanol–water partition coefficient (Wildman–Crippen LogP) is 1.67. The van der Waals surface area contributed by atoms with E-state index in [-0.39, 0.29) is 5.91 Å². The standard InChI is InChI=1S/C9H9N3OS/c1-6(13)12(2)8-4-3-7-9(11-8)14-5-10-7/h3-5H,1-2H3. The number of pyridine rings is 1. The molecular weight excluding hydrogens is 198 g/mol. The molecule has 0 aliphatic heterocycles. The van der Waals surface area contributed by atoms with Gasteiger partial charge in [-0.2, -0.15) is 0 Å². The van der Waals surface area contributed by atoms with Crippen LogP contribution in [0.1, 0.15) is 6.92 Å². The second kappa shape index (κ2) is 3.34. The molecule has 4 nitrogen and oxygen atoms in total. The van der Waals surface area contributed by atoms with E-state index in [1.54, 1.807) is 18.6 Å². The van der Waals surface area contributed by atoms with Crippen molar-refractivity contribution >= 4 is 33.4 Å². The maximum Gasteiger partial charge on any atom is 0.224 e. The van der Waals surface area contributed by atoms with Gasteiger partial charge >= 0.3 is 0 Å². The molecule has 14 heavy (non-hydrogen) atoms. The third-order valence-electron chi connectivity index (χ3n) is 2.00. The zero-order chi connectivity index (χ0) is 10.1. The van der Waals surface area contributed by atoms with Gasteiger partial charge in [-0.25, -0.2) is 9.97 Å². The Hall–Kier alpha value is -1.49. The number of aromatic nitrogens is 2. The quantitative estimate of drug-likeness (QED) is 0.714. The lowest BCUT2D eigenvalue weighted by molar-refractivity contribution is -0.116. The Kier molecular flexibility index (Phi) is 2.17. The summed E-state index contributed by atoms with van der Waals surface area (Å²) >= 11 is 1.47. The van der Waals surface area contributed by atoms with Gasteiger partial charge in [-0.05, 0) is 12.1 Å². The minimum absolute atomic E-state index is 0.0265. The molecule has 2 rings (SSSR count). The van der Waals surface area contributed by atoms with Crippen LogP contribution in [0.3, 0.4) is 0 Å². The maximum absolute atomic E-state index is 11.1. The first kappa shape index (κ1) is 9.08. The Balaban J connectivity index is 2.48. The van der Waals surface area contributed by atoms with Gasteiger partial charge < -0.3 is 4.90 Å². The molecule has 0 saturated heterocycles. The number of nitrogens with zero attached hydrogens (tertiary/aromatic N) is 3. The lowest BCUT2D eigenvalue weighted by Crippen LogP contribution is -2.23. The summed E-state index contributed by atoms with van der Waals surface area (Å²) in [4.78, 5) is 21.9. The van der Waals surface area contributed by atoms with E-state index in [1.807, 2.05) is 6.07 Å². The molecule has 0 spiro atoms. The maximum atomic E-state index is 11.1. The van der Waals surface area contributed by atoms with Crippen LogP contribution >= 0.6 is 11.3 Å². The third kappa shape index (κ3) is 1.46. The predicted molar refractivity (Wildman–Crippen MR) is 56.5 cm³/mol. The van der Waals surface area contributed by atoms with E-state index in [9.17, 15) is 4.79 Å². The van der Waals surface area contributed by atoms with E-state index in [2.05, 4.69) is 9.97 Å². The van der Waals surface area contributed by atoms with Gasteiger partial charge in [0.15, 0.2) is 0 Å². The van der Waals surface area contributed by atoms with E-state index < -0.39 is 0 Å². The van der Waals surface area contributed by atoms with E-state index in [0.29, 0.717) is 5.82 Å². The third-order valence-corrected chi connectivity index (χ3v) is 2.73. The number of thiazole rings is 1. The fraction of sp³-hybridized carbons (Fsp3) is 0.222. The van der Waals surface area contributed by atoms with Crippen LogP contribution in [0.2, 0.25) is 0 Å². The highest BCUT2D eigenvalue weighted by molar-refractivity contribution is 7.16. The number of anilines is 1. The molecule has 1 amide bonds. The number of hydrogen-bond donors (Lipinski definition) is 0. The van der Waals surface area contributed by atoms with E-state index in [1.165, 1.54) is 23.2 Å². The highest BCUT2D eigenvalue weighted by Gasteiger charge is 2.08. The van der Waals surface area contributed by atoms with Gasteiger partial charge in [0.25, 0.3) is 0 Å². The first-order valence-corrected chi connectivity index (χ1v) is 5.01. The Bertz CT molecular complexity index is 480. The Morgan fingerprint density at radius 3 is 3.00 bits per heavy atom. The number of amides is 1. The summed E-state index contributed by atoms with van der Waals surface area (Å²) < 4.78 is 0. The van der Waals surface area contributed by atoms with Gasteiger partial charge in [0.05, 0.1) is 5.51 Å². The second-order valence-corrected chi connectivity index (χ2v) is 3.76. The number of fused-ring (bicyclic) bond motifs is 1. The van der Waals surface area contributed by atoms with Gasteiger partial charge in [0.2, 0.25) is 5.91 Å². The number of rotatable bonds is 1. The van der Waals surface area contributed by atoms with Crippen LogP contribution in [0, 0.1) is 0 Å². The largest absolute Gasteiger partial charge is 0.300 e. The molecular formula is C9H9N3OS. The second-order valence-electron chi connectivity index (χ2n) is 2.92. The van der Waals surface area contributed by atoms with Crippen LogP contribution in [-0.4, -0.2) is 22.9 Å². The summed E-state index contributed by atoms with van der Waals surface area (Å²) in [7, 11) is 1.71. The molecule has 0 radical (unpaired) electrons. The van der Waals surface area contributed by atoms with Crippen LogP contribution in [0.25, 0.3) is 10.3 Å². The van der Waals surface area contributed by atoms with Crippen molar-refractivity contribution in [2.75, 3.05) is 11.9 Å². The van der Waals surface area contributed by atoms with Gasteiger partial charge in [0.1, 0.15) is 16.2 Å². The molecule has 2 aromatic heterocycles. The summed E-state index contributed by atoms with van der Waals surface area (Å²) in [6, 6.07) is 3.66. The summed E-state index contributed by atoms with van der Waals surface area (Å²) in [5, 5.41) is 0. The summed E-state index contributed by atoms with van der Waals surface area (Å²) in [6.45, 7) is 1.51. The van der Waals surface area contributed by atoms with Crippen LogP contribution in [0.5, 0.6) is 0 Å². The van der Waals surface area contributed by atoms with E-state index >= 15 is 0 Å². The number of carbonyl (C=O) groups is 1. The molecule has 0 N–H and O–H groups in total. The molecule has 0 aromatic carbocycles. The van der Waals surface area contributed by atoms with Crippen molar-refractivity contribution in [3.05, 3.63) is 17.6 Å². The zero-order valence-corrected chi connectivity index (χ0v) is 8.71. The van der Waals surface area contributed by atoms with Crippen molar-refractivity contribution in [2.24, 2.45) is 0 Å². The van der Waals surface area contributed by atoms with Crippen molar-refractivity contribution < 1.29 is 4.79 Å². The minimum Gasteiger partial charge on any atom is -0.300 e. The van der Waals surface area contributed by atoms with Gasteiger partial charge in [-0.15, -0.1) is 11.3 Å². The molecule has 5 heteroatoms. The van der Waals surface area contributed by atoms with Crippen LogP contribution < -0.4 is 4.90 Å². The highest BCUT2D eigenvalue weighted by atomic mass is 32.1. The van der Waals surface area contributed by atoms with Crippen molar-refractivity contribution in [2.45, 2.75) is 6.92 Å². The zero-order valence-electron chi connectivity index (χ0n) is 7.89. The van der Waals surface area contributed by atoms with Crippen molar-refractivity contribution in [3.63, 3.8) is 0 Å². The Labute approximate surface area is 85.2 Å². The van der Waals surface area contributed by atoms with Gasteiger partial charge in [0, 0.05) is 14.0 Å². The van der Waals surface area contributed by atoms with Crippen LogP contribution in [0.15, 0.2) is 17.6 Å². The molecule has 0 aliphatic carbocycles. The number of carbonyl (C=O) groups excluding carboxylic acids is 1. The molecule has 0 aliphatic rings. The summed E-state index contributed by atoms with van der Waals surface area (Å²) in [5.74, 6) is 0.635. The van der Waals surface area contributed by atoms with Gasteiger partial charge in [-0.1, -0.05) is 0 Å². The smallest absolute Gasteiger partial charge is 0.224 e. The Morgan fingerprint density at radius 2 is 2.29 bits per heavy atom. The molecule has 0 atom stereocenters. The molecule has 0 fully saturated rings.